The zero-order valence-corrected chi connectivity index (χ0v) is 11.1. The Balaban J connectivity index is 1.61. The first-order valence-electron chi connectivity index (χ1n) is 6.61. The first-order valence-corrected chi connectivity index (χ1v) is 6.61. The summed E-state index contributed by atoms with van der Waals surface area (Å²) in [4.78, 5) is 5.11. The highest BCUT2D eigenvalue weighted by atomic mass is 16.5. The molecule has 0 aromatic rings. The molecule has 0 aromatic heterocycles. The monoisotopic (exact) mass is 226 g/mol. The van der Waals surface area contributed by atoms with E-state index in [1.54, 1.807) is 0 Å². The third-order valence-corrected chi connectivity index (χ3v) is 4.22. The van der Waals surface area contributed by atoms with Gasteiger partial charge in [-0.25, -0.2) is 0 Å². The number of hydrogen-bond acceptors (Lipinski definition) is 3. The Morgan fingerprint density at radius 1 is 1.06 bits per heavy atom. The highest BCUT2D eigenvalue weighted by Gasteiger charge is 2.34. The van der Waals surface area contributed by atoms with E-state index in [0.717, 1.165) is 31.1 Å². The van der Waals surface area contributed by atoms with Crippen LogP contribution in [0.15, 0.2) is 0 Å². The van der Waals surface area contributed by atoms with Crippen molar-refractivity contribution < 1.29 is 4.74 Å². The molecule has 3 heteroatoms. The van der Waals surface area contributed by atoms with Crippen LogP contribution in [0, 0.1) is 5.92 Å². The fraction of sp³-hybridized carbons (Fsp3) is 1.00. The maximum absolute atomic E-state index is 5.31. The van der Waals surface area contributed by atoms with Gasteiger partial charge in [-0.2, -0.15) is 0 Å². The van der Waals surface area contributed by atoms with Crippen LogP contribution in [-0.2, 0) is 4.74 Å². The van der Waals surface area contributed by atoms with Crippen LogP contribution in [0.2, 0.25) is 0 Å². The van der Waals surface area contributed by atoms with Crippen molar-refractivity contribution in [2.45, 2.75) is 45.4 Å². The minimum atomic E-state index is 0.496. The van der Waals surface area contributed by atoms with Crippen molar-refractivity contribution in [3.05, 3.63) is 0 Å². The lowest BCUT2D eigenvalue weighted by Gasteiger charge is -2.47. The van der Waals surface area contributed by atoms with E-state index in [4.69, 9.17) is 4.74 Å². The smallest absolute Gasteiger partial charge is 0.0825 e. The molecule has 0 amide bonds. The molecule has 2 aliphatic rings. The number of hydrogen-bond donors (Lipinski definition) is 0. The standard InChI is InChI=1S/C13H26N2O/c1-10(2)14-6-12(7-14)5-11(3)15-8-13(9-15)16-4/h10-13H,5-9H2,1-4H3. The van der Waals surface area contributed by atoms with Crippen LogP contribution in [0.25, 0.3) is 0 Å². The van der Waals surface area contributed by atoms with E-state index in [0.29, 0.717) is 6.10 Å². The topological polar surface area (TPSA) is 15.7 Å². The zero-order chi connectivity index (χ0) is 11.7. The van der Waals surface area contributed by atoms with Gasteiger partial charge in [0.25, 0.3) is 0 Å². The summed E-state index contributed by atoms with van der Waals surface area (Å²) in [5, 5.41) is 0. The molecule has 2 heterocycles. The highest BCUT2D eigenvalue weighted by molar-refractivity contribution is 4.89. The van der Waals surface area contributed by atoms with E-state index >= 15 is 0 Å². The highest BCUT2D eigenvalue weighted by Crippen LogP contribution is 2.26. The molecule has 2 rings (SSSR count). The molecule has 0 N–H and O–H groups in total. The van der Waals surface area contributed by atoms with Gasteiger partial charge in [-0.3, -0.25) is 4.90 Å². The molecule has 0 bridgehead atoms. The number of ether oxygens (including phenoxy) is 1. The van der Waals surface area contributed by atoms with Crippen molar-refractivity contribution in [3.63, 3.8) is 0 Å². The quantitative estimate of drug-likeness (QED) is 0.705. The summed E-state index contributed by atoms with van der Waals surface area (Å²) in [6.07, 6.45) is 1.86. The predicted octanol–water partition coefficient (Wildman–Crippen LogP) is 1.44. The lowest BCUT2D eigenvalue weighted by molar-refractivity contribution is -0.0578. The lowest BCUT2D eigenvalue weighted by Crippen LogP contribution is -2.57. The Morgan fingerprint density at radius 3 is 2.19 bits per heavy atom. The molecular formula is C13H26N2O. The maximum Gasteiger partial charge on any atom is 0.0825 e. The van der Waals surface area contributed by atoms with E-state index in [1.165, 1.54) is 19.5 Å². The largest absolute Gasteiger partial charge is 0.379 e. The Kier molecular flexibility index (Phi) is 3.88. The average Bonchev–Trinajstić information content (AvgIpc) is 2.08. The second-order valence-corrected chi connectivity index (χ2v) is 5.81. The lowest BCUT2D eigenvalue weighted by atomic mass is 9.90. The number of likely N-dealkylation sites (tertiary alicyclic amines) is 2. The predicted molar refractivity (Wildman–Crippen MR) is 66.6 cm³/mol. The van der Waals surface area contributed by atoms with Gasteiger partial charge in [0.15, 0.2) is 0 Å². The van der Waals surface area contributed by atoms with E-state index < -0.39 is 0 Å². The molecule has 0 radical (unpaired) electrons. The van der Waals surface area contributed by atoms with Crippen LogP contribution in [0.5, 0.6) is 0 Å². The Labute approximate surface area is 99.7 Å². The number of nitrogens with zero attached hydrogens (tertiary/aromatic N) is 2. The third kappa shape index (κ3) is 2.58. The van der Waals surface area contributed by atoms with Gasteiger partial charge in [-0.05, 0) is 33.1 Å². The molecule has 0 saturated carbocycles. The molecule has 0 spiro atoms. The van der Waals surface area contributed by atoms with Crippen LogP contribution in [0.3, 0.4) is 0 Å². The van der Waals surface area contributed by atoms with Crippen molar-refractivity contribution in [1.82, 2.24) is 9.80 Å². The summed E-state index contributed by atoms with van der Waals surface area (Å²) in [7, 11) is 1.82. The van der Waals surface area contributed by atoms with Gasteiger partial charge in [0.2, 0.25) is 0 Å². The summed E-state index contributed by atoms with van der Waals surface area (Å²) < 4.78 is 5.31. The number of rotatable bonds is 5. The Bertz CT molecular complexity index is 220. The Morgan fingerprint density at radius 2 is 1.69 bits per heavy atom. The molecule has 16 heavy (non-hydrogen) atoms. The van der Waals surface area contributed by atoms with Crippen molar-refractivity contribution in [2.24, 2.45) is 5.92 Å². The molecule has 1 unspecified atom stereocenters. The van der Waals surface area contributed by atoms with Gasteiger partial charge in [-0.15, -0.1) is 0 Å². The van der Waals surface area contributed by atoms with Gasteiger partial charge in [-0.1, -0.05) is 0 Å². The number of methoxy groups -OCH3 is 1. The molecule has 94 valence electrons. The van der Waals surface area contributed by atoms with Gasteiger partial charge < -0.3 is 9.64 Å². The van der Waals surface area contributed by atoms with E-state index in [2.05, 4.69) is 30.6 Å². The van der Waals surface area contributed by atoms with Gasteiger partial charge >= 0.3 is 0 Å². The van der Waals surface area contributed by atoms with Crippen molar-refractivity contribution in [2.75, 3.05) is 33.3 Å². The summed E-state index contributed by atoms with van der Waals surface area (Å²) in [5.74, 6) is 0.930. The van der Waals surface area contributed by atoms with E-state index in [-0.39, 0.29) is 0 Å². The molecule has 2 aliphatic heterocycles. The van der Waals surface area contributed by atoms with Crippen LogP contribution >= 0.6 is 0 Å². The average molecular weight is 226 g/mol. The zero-order valence-electron chi connectivity index (χ0n) is 11.1. The molecule has 0 aromatic carbocycles. The molecule has 2 saturated heterocycles. The van der Waals surface area contributed by atoms with Gasteiger partial charge in [0, 0.05) is 45.4 Å². The second-order valence-electron chi connectivity index (χ2n) is 5.81. The second kappa shape index (κ2) is 5.03. The van der Waals surface area contributed by atoms with Crippen LogP contribution in [0.1, 0.15) is 27.2 Å². The minimum Gasteiger partial charge on any atom is -0.379 e. The molecule has 1 atom stereocenters. The van der Waals surface area contributed by atoms with Gasteiger partial charge in [0.05, 0.1) is 6.10 Å². The summed E-state index contributed by atoms with van der Waals surface area (Å²) in [5.41, 5.74) is 0. The first-order chi connectivity index (χ1) is 7.60. The fourth-order valence-electron chi connectivity index (χ4n) is 2.79. The van der Waals surface area contributed by atoms with Crippen LogP contribution in [0.4, 0.5) is 0 Å². The first kappa shape index (κ1) is 12.3. The maximum atomic E-state index is 5.31. The van der Waals surface area contributed by atoms with Gasteiger partial charge in [0.1, 0.15) is 0 Å². The normalized spacial score (nSPS) is 26.8. The minimum absolute atomic E-state index is 0.496. The SMILES string of the molecule is COC1CN(C(C)CC2CN(C(C)C)C2)C1. The Hall–Kier alpha value is -0.120. The van der Waals surface area contributed by atoms with Crippen LogP contribution in [-0.4, -0.2) is 61.3 Å². The van der Waals surface area contributed by atoms with Crippen molar-refractivity contribution in [1.29, 1.82) is 0 Å². The van der Waals surface area contributed by atoms with Crippen molar-refractivity contribution in [3.8, 4) is 0 Å². The molecule has 0 aliphatic carbocycles. The summed E-state index contributed by atoms with van der Waals surface area (Å²) in [6, 6.07) is 1.47. The summed E-state index contributed by atoms with van der Waals surface area (Å²) >= 11 is 0. The van der Waals surface area contributed by atoms with E-state index in [9.17, 15) is 0 Å². The van der Waals surface area contributed by atoms with Crippen LogP contribution < -0.4 is 0 Å². The summed E-state index contributed by atoms with van der Waals surface area (Å²) in [6.45, 7) is 11.8. The molecular weight excluding hydrogens is 200 g/mol. The van der Waals surface area contributed by atoms with E-state index in [1.807, 2.05) is 7.11 Å². The molecule has 3 nitrogen and oxygen atoms in total. The molecule has 2 fully saturated rings. The van der Waals surface area contributed by atoms with Crippen molar-refractivity contribution >= 4 is 0 Å². The fourth-order valence-corrected chi connectivity index (χ4v) is 2.79. The third-order valence-electron chi connectivity index (χ3n) is 4.22.